The zero-order chi connectivity index (χ0) is 43.5. The van der Waals surface area contributed by atoms with Crippen LogP contribution in [0.4, 0.5) is 17.1 Å². The van der Waals surface area contributed by atoms with E-state index in [1.807, 2.05) is 0 Å². The van der Waals surface area contributed by atoms with Crippen LogP contribution in [0.1, 0.15) is 36.1 Å². The highest BCUT2D eigenvalue weighted by Gasteiger charge is 2.38. The molecule has 2 aliphatic rings. The third-order valence-electron chi connectivity index (χ3n) is 14.2. The Balaban J connectivity index is 1.13. The first-order valence-corrected chi connectivity index (χ1v) is 23.0. The molecule has 1 heterocycles. The Labute approximate surface area is 383 Å². The Morgan fingerprint density at radius 2 is 1.00 bits per heavy atom. The summed E-state index contributed by atoms with van der Waals surface area (Å²) in [5, 5.41) is 4.96. The van der Waals surface area contributed by atoms with Gasteiger partial charge in [0.15, 0.2) is 0 Å². The second kappa shape index (κ2) is 16.0. The molecule has 0 saturated carbocycles. The van der Waals surface area contributed by atoms with Crippen molar-refractivity contribution < 1.29 is 4.57 Å². The highest BCUT2D eigenvalue weighted by molar-refractivity contribution is 6.80. The predicted octanol–water partition coefficient (Wildman–Crippen LogP) is 14.1. The van der Waals surface area contributed by atoms with Gasteiger partial charge in [-0.05, 0) is 132 Å². The quantitative estimate of drug-likeness (QED) is 0.117. The Morgan fingerprint density at radius 1 is 0.415 bits per heavy atom. The summed E-state index contributed by atoms with van der Waals surface area (Å²) in [6, 6.07) is 82.8. The molecule has 0 fully saturated rings. The van der Waals surface area contributed by atoms with Gasteiger partial charge in [-0.15, -0.1) is 0 Å². The lowest BCUT2D eigenvalue weighted by Crippen LogP contribution is -2.45. The van der Waals surface area contributed by atoms with E-state index in [1.54, 1.807) is 0 Å². The SMILES string of the molecule is CC1(C)c2ccccc2-c2cc(-c3cccc4c3CB(c3ccccc3)OB(c3ccccc3)C4)c(N(c3ccc(-c4ccccc4)cc3)c3ccc4ccc5ccccc5c4c3)cc21. The molecule has 65 heavy (non-hydrogen) atoms. The van der Waals surface area contributed by atoms with Gasteiger partial charge in [0.2, 0.25) is 0 Å². The molecule has 0 aromatic heterocycles. The average Bonchev–Trinajstić information content (AvgIpc) is 3.46. The lowest BCUT2D eigenvalue weighted by atomic mass is 9.51. The maximum atomic E-state index is 7.23. The minimum Gasteiger partial charge on any atom is -0.491 e. The molecule has 0 radical (unpaired) electrons. The molecule has 0 saturated heterocycles. The summed E-state index contributed by atoms with van der Waals surface area (Å²) in [6.45, 7) is 4.57. The van der Waals surface area contributed by atoms with Crippen LogP contribution in [0.15, 0.2) is 224 Å². The molecule has 12 rings (SSSR count). The molecule has 0 amide bonds. The number of benzene rings is 10. The molecular weight excluding hydrogens is 784 g/mol. The summed E-state index contributed by atoms with van der Waals surface area (Å²) < 4.78 is 7.23. The predicted molar refractivity (Wildman–Crippen MR) is 277 cm³/mol. The molecule has 2 nitrogen and oxygen atoms in total. The van der Waals surface area contributed by atoms with Crippen molar-refractivity contribution in [3.05, 3.63) is 247 Å². The molecule has 308 valence electrons. The fourth-order valence-electron chi connectivity index (χ4n) is 10.9. The number of anilines is 3. The van der Waals surface area contributed by atoms with E-state index in [0.29, 0.717) is 0 Å². The normalized spacial score (nSPS) is 13.9. The van der Waals surface area contributed by atoms with Gasteiger partial charge in [-0.2, -0.15) is 0 Å². The largest absolute Gasteiger partial charge is 0.491 e. The summed E-state index contributed by atoms with van der Waals surface area (Å²) in [7, 11) is 0. The van der Waals surface area contributed by atoms with E-state index in [4.69, 9.17) is 4.57 Å². The fourth-order valence-corrected chi connectivity index (χ4v) is 10.9. The molecule has 0 unspecified atom stereocenters. The van der Waals surface area contributed by atoms with E-state index < -0.39 is 0 Å². The molecule has 1 aliphatic carbocycles. The van der Waals surface area contributed by atoms with E-state index in [1.165, 1.54) is 88.1 Å². The van der Waals surface area contributed by atoms with Crippen LogP contribution in [0.5, 0.6) is 0 Å². The maximum Gasteiger partial charge on any atom is 0.316 e. The van der Waals surface area contributed by atoms with Crippen molar-refractivity contribution in [2.75, 3.05) is 4.90 Å². The van der Waals surface area contributed by atoms with Crippen LogP contribution in [0.3, 0.4) is 0 Å². The second-order valence-electron chi connectivity index (χ2n) is 18.3. The van der Waals surface area contributed by atoms with E-state index in [2.05, 4.69) is 243 Å². The zero-order valence-corrected chi connectivity index (χ0v) is 36.8. The van der Waals surface area contributed by atoms with E-state index >= 15 is 0 Å². The van der Waals surface area contributed by atoms with E-state index in [0.717, 1.165) is 29.7 Å². The van der Waals surface area contributed by atoms with Crippen molar-refractivity contribution in [3.8, 4) is 33.4 Å². The summed E-state index contributed by atoms with van der Waals surface area (Å²) >= 11 is 0. The summed E-state index contributed by atoms with van der Waals surface area (Å²) in [5.74, 6) is 0. The number of hydrogen-bond donors (Lipinski definition) is 0. The summed E-state index contributed by atoms with van der Waals surface area (Å²) in [5.41, 5.74) is 18.4. The van der Waals surface area contributed by atoms with Gasteiger partial charge < -0.3 is 9.47 Å². The standard InChI is InChI=1S/C61H47B2NO/c1-61(2)58-28-15-14-26-53(58)55-38-56(52-27-16-20-46-40-62(47-21-8-4-9-22-47)65-63(41-57(46)52)48-23-10-5-11-24-48)60(39-59(55)61)64(49-34-31-43(32-35-49)42-17-6-3-7-18-42)50-36-33-45-30-29-44-19-12-13-25-51(44)54(45)37-50/h3-39H,40-41H2,1-2H3. The van der Waals surface area contributed by atoms with Crippen molar-refractivity contribution in [2.24, 2.45) is 0 Å². The van der Waals surface area contributed by atoms with Crippen molar-refractivity contribution >= 4 is 63.4 Å². The minimum absolute atomic E-state index is 0.0860. The monoisotopic (exact) mass is 831 g/mol. The first-order chi connectivity index (χ1) is 32.0. The van der Waals surface area contributed by atoms with Crippen LogP contribution in [0.25, 0.3) is 54.9 Å². The second-order valence-corrected chi connectivity index (χ2v) is 18.3. The molecule has 0 bridgehead atoms. The fraction of sp³-hybridized carbons (Fsp3) is 0.0820. The van der Waals surface area contributed by atoms with Crippen LogP contribution in [0.2, 0.25) is 0 Å². The molecule has 0 spiro atoms. The topological polar surface area (TPSA) is 12.5 Å². The summed E-state index contributed by atoms with van der Waals surface area (Å²) in [6.07, 6.45) is 1.54. The molecular formula is C61H47B2NO. The lowest BCUT2D eigenvalue weighted by molar-refractivity contribution is 0.607. The van der Waals surface area contributed by atoms with Crippen LogP contribution >= 0.6 is 0 Å². The van der Waals surface area contributed by atoms with Crippen LogP contribution < -0.4 is 15.8 Å². The first-order valence-electron chi connectivity index (χ1n) is 23.0. The van der Waals surface area contributed by atoms with Gasteiger partial charge in [-0.3, -0.25) is 0 Å². The Morgan fingerprint density at radius 3 is 1.75 bits per heavy atom. The third-order valence-corrected chi connectivity index (χ3v) is 14.2. The van der Waals surface area contributed by atoms with Gasteiger partial charge in [0.1, 0.15) is 0 Å². The van der Waals surface area contributed by atoms with Gasteiger partial charge in [-0.25, -0.2) is 0 Å². The number of hydrogen-bond acceptors (Lipinski definition) is 2. The lowest BCUT2D eigenvalue weighted by Gasteiger charge is -2.31. The van der Waals surface area contributed by atoms with Gasteiger partial charge >= 0.3 is 13.8 Å². The Kier molecular flexibility index (Phi) is 9.65. The van der Waals surface area contributed by atoms with Crippen molar-refractivity contribution in [3.63, 3.8) is 0 Å². The van der Waals surface area contributed by atoms with Gasteiger partial charge in [0, 0.05) is 22.4 Å². The van der Waals surface area contributed by atoms with Crippen LogP contribution in [-0.4, -0.2) is 13.8 Å². The highest BCUT2D eigenvalue weighted by Crippen LogP contribution is 2.54. The Hall–Kier alpha value is -7.39. The first kappa shape index (κ1) is 39.2. The average molecular weight is 832 g/mol. The van der Waals surface area contributed by atoms with Crippen molar-refractivity contribution in [2.45, 2.75) is 31.9 Å². The van der Waals surface area contributed by atoms with Gasteiger partial charge in [0.25, 0.3) is 0 Å². The molecule has 4 heteroatoms. The highest BCUT2D eigenvalue weighted by atomic mass is 16.4. The number of fused-ring (bicyclic) bond motifs is 7. The van der Waals surface area contributed by atoms with Gasteiger partial charge in [-0.1, -0.05) is 202 Å². The third kappa shape index (κ3) is 6.88. The zero-order valence-electron chi connectivity index (χ0n) is 36.8. The van der Waals surface area contributed by atoms with Crippen molar-refractivity contribution in [1.82, 2.24) is 0 Å². The number of rotatable bonds is 7. The van der Waals surface area contributed by atoms with Crippen LogP contribution in [-0.2, 0) is 22.6 Å². The van der Waals surface area contributed by atoms with E-state index in [-0.39, 0.29) is 19.2 Å². The molecule has 0 N–H and O–H groups in total. The van der Waals surface area contributed by atoms with Gasteiger partial charge in [0.05, 0.1) is 5.69 Å². The molecule has 0 atom stereocenters. The smallest absolute Gasteiger partial charge is 0.316 e. The molecule has 1 aliphatic heterocycles. The van der Waals surface area contributed by atoms with E-state index in [9.17, 15) is 0 Å². The number of nitrogens with zero attached hydrogens (tertiary/aromatic N) is 1. The maximum absolute atomic E-state index is 7.23. The van der Waals surface area contributed by atoms with Crippen LogP contribution in [0, 0.1) is 0 Å². The molecule has 10 aromatic carbocycles. The summed E-state index contributed by atoms with van der Waals surface area (Å²) in [4.78, 5) is 2.53. The molecule has 10 aromatic rings. The minimum atomic E-state index is -0.204. The van der Waals surface area contributed by atoms with Crippen molar-refractivity contribution in [1.29, 1.82) is 0 Å². The Bertz CT molecular complexity index is 3390.